The molecule has 0 spiro atoms. The van der Waals surface area contributed by atoms with Crippen LogP contribution >= 0.6 is 15.9 Å². The van der Waals surface area contributed by atoms with Gasteiger partial charge >= 0.3 is 0 Å². The van der Waals surface area contributed by atoms with E-state index in [0.717, 1.165) is 23.0 Å². The molecule has 2 atom stereocenters. The van der Waals surface area contributed by atoms with E-state index < -0.39 is 0 Å². The zero-order valence-corrected chi connectivity index (χ0v) is 13.6. The van der Waals surface area contributed by atoms with Crippen molar-refractivity contribution in [3.8, 4) is 0 Å². The van der Waals surface area contributed by atoms with E-state index in [1.165, 1.54) is 0 Å². The molecule has 2 unspecified atom stereocenters. The molecule has 4 nitrogen and oxygen atoms in total. The zero-order valence-electron chi connectivity index (χ0n) is 12.0. The predicted molar refractivity (Wildman–Crippen MR) is 85.8 cm³/mol. The summed E-state index contributed by atoms with van der Waals surface area (Å²) in [6.07, 6.45) is 2.13. The lowest BCUT2D eigenvalue weighted by molar-refractivity contribution is -0.116. The third-order valence-electron chi connectivity index (χ3n) is 2.98. The lowest BCUT2D eigenvalue weighted by atomic mass is 10.1. The van der Waals surface area contributed by atoms with Crippen molar-refractivity contribution in [2.75, 3.05) is 11.9 Å². The van der Waals surface area contributed by atoms with Crippen molar-refractivity contribution < 1.29 is 9.90 Å². The van der Waals surface area contributed by atoms with E-state index in [2.05, 4.69) is 33.5 Å². The van der Waals surface area contributed by atoms with Crippen molar-refractivity contribution in [1.82, 2.24) is 5.32 Å². The molecule has 3 N–H and O–H groups in total. The van der Waals surface area contributed by atoms with Crippen LogP contribution in [0, 0.1) is 0 Å². The molecule has 1 aromatic rings. The molecule has 1 amide bonds. The molecule has 20 heavy (non-hydrogen) atoms. The quantitative estimate of drug-likeness (QED) is 0.680. The smallest absolute Gasteiger partial charge is 0.225 e. The van der Waals surface area contributed by atoms with Gasteiger partial charge in [-0.15, -0.1) is 0 Å². The van der Waals surface area contributed by atoms with Gasteiger partial charge < -0.3 is 15.7 Å². The Labute approximate surface area is 129 Å². The average Bonchev–Trinajstić information content (AvgIpc) is 2.38. The average molecular weight is 343 g/mol. The van der Waals surface area contributed by atoms with Gasteiger partial charge in [-0.2, -0.15) is 0 Å². The van der Waals surface area contributed by atoms with Crippen molar-refractivity contribution in [3.63, 3.8) is 0 Å². The standard InChI is InChI=1S/C15H23BrN2O2/c1-11(4-3-9-19)17-12(2)10-15(20)18-14-7-5-13(16)6-8-14/h5-8,11-12,17,19H,3-4,9-10H2,1-2H3,(H,18,20). The summed E-state index contributed by atoms with van der Waals surface area (Å²) in [5, 5.41) is 15.0. The first-order valence-electron chi connectivity index (χ1n) is 6.93. The number of benzene rings is 1. The fourth-order valence-corrected chi connectivity index (χ4v) is 2.31. The van der Waals surface area contributed by atoms with Gasteiger partial charge in [0, 0.05) is 35.3 Å². The zero-order chi connectivity index (χ0) is 15.0. The summed E-state index contributed by atoms with van der Waals surface area (Å²) in [5.74, 6) is 0.00156. The predicted octanol–water partition coefficient (Wildman–Crippen LogP) is 2.92. The molecule has 0 aliphatic carbocycles. The van der Waals surface area contributed by atoms with Gasteiger partial charge in [-0.1, -0.05) is 15.9 Å². The maximum atomic E-state index is 11.9. The van der Waals surface area contributed by atoms with E-state index in [0.29, 0.717) is 12.5 Å². The molecule has 0 fully saturated rings. The number of hydrogen-bond donors (Lipinski definition) is 3. The van der Waals surface area contributed by atoms with Crippen LogP contribution in [-0.2, 0) is 4.79 Å². The fraction of sp³-hybridized carbons (Fsp3) is 0.533. The Bertz CT molecular complexity index is 409. The summed E-state index contributed by atoms with van der Waals surface area (Å²) in [6.45, 7) is 4.28. The van der Waals surface area contributed by atoms with Crippen molar-refractivity contribution in [2.24, 2.45) is 0 Å². The van der Waals surface area contributed by atoms with Crippen molar-refractivity contribution in [3.05, 3.63) is 28.7 Å². The van der Waals surface area contributed by atoms with Crippen LogP contribution in [0.4, 0.5) is 5.69 Å². The number of nitrogens with one attached hydrogen (secondary N) is 2. The minimum Gasteiger partial charge on any atom is -0.396 e. The topological polar surface area (TPSA) is 61.4 Å². The van der Waals surface area contributed by atoms with Crippen LogP contribution in [0.15, 0.2) is 28.7 Å². The van der Waals surface area contributed by atoms with Crippen LogP contribution in [0.25, 0.3) is 0 Å². The number of aliphatic hydroxyl groups excluding tert-OH is 1. The summed E-state index contributed by atoms with van der Waals surface area (Å²) in [4.78, 5) is 11.9. The summed E-state index contributed by atoms with van der Waals surface area (Å²) < 4.78 is 0.989. The highest BCUT2D eigenvalue weighted by atomic mass is 79.9. The van der Waals surface area contributed by atoms with Crippen molar-refractivity contribution in [1.29, 1.82) is 0 Å². The molecule has 0 aliphatic rings. The minimum atomic E-state index is 0.00156. The molecule has 0 heterocycles. The van der Waals surface area contributed by atoms with Crippen LogP contribution < -0.4 is 10.6 Å². The lowest BCUT2D eigenvalue weighted by Crippen LogP contribution is -2.37. The Kier molecular flexibility index (Phi) is 7.80. The summed E-state index contributed by atoms with van der Waals surface area (Å²) in [6, 6.07) is 7.94. The first-order valence-corrected chi connectivity index (χ1v) is 7.73. The first-order chi connectivity index (χ1) is 9.51. The highest BCUT2D eigenvalue weighted by molar-refractivity contribution is 9.10. The summed E-state index contributed by atoms with van der Waals surface area (Å²) >= 11 is 3.36. The van der Waals surface area contributed by atoms with Gasteiger partial charge in [-0.05, 0) is 51.0 Å². The highest BCUT2D eigenvalue weighted by Gasteiger charge is 2.11. The van der Waals surface area contributed by atoms with Crippen molar-refractivity contribution >= 4 is 27.5 Å². The van der Waals surface area contributed by atoms with Gasteiger partial charge in [0.2, 0.25) is 5.91 Å². The second kappa shape index (κ2) is 9.10. The largest absolute Gasteiger partial charge is 0.396 e. The highest BCUT2D eigenvalue weighted by Crippen LogP contribution is 2.14. The Hall–Kier alpha value is -0.910. The Morgan fingerprint density at radius 2 is 1.90 bits per heavy atom. The van der Waals surface area contributed by atoms with Gasteiger partial charge in [0.05, 0.1) is 0 Å². The van der Waals surface area contributed by atoms with Crippen LogP contribution in [0.2, 0.25) is 0 Å². The molecule has 1 aromatic carbocycles. The molecule has 0 aromatic heterocycles. The molecule has 5 heteroatoms. The number of aliphatic hydroxyl groups is 1. The Balaban J connectivity index is 2.32. The second-order valence-electron chi connectivity index (χ2n) is 5.09. The van der Waals surface area contributed by atoms with E-state index in [1.807, 2.05) is 31.2 Å². The number of carbonyl (C=O) groups is 1. The fourth-order valence-electron chi connectivity index (χ4n) is 2.05. The summed E-state index contributed by atoms with van der Waals surface area (Å²) in [5.41, 5.74) is 0.804. The van der Waals surface area contributed by atoms with E-state index >= 15 is 0 Å². The van der Waals surface area contributed by atoms with Crippen LogP contribution in [0.1, 0.15) is 33.1 Å². The molecule has 0 bridgehead atoms. The number of rotatable bonds is 8. The number of carbonyl (C=O) groups excluding carboxylic acids is 1. The molecular formula is C15H23BrN2O2. The molecule has 0 saturated carbocycles. The lowest BCUT2D eigenvalue weighted by Gasteiger charge is -2.19. The number of anilines is 1. The molecule has 0 radical (unpaired) electrons. The Morgan fingerprint density at radius 3 is 2.50 bits per heavy atom. The minimum absolute atomic E-state index is 0.00156. The maximum absolute atomic E-state index is 11.9. The van der Waals surface area contributed by atoms with Crippen LogP contribution in [0.3, 0.4) is 0 Å². The van der Waals surface area contributed by atoms with Crippen LogP contribution in [0.5, 0.6) is 0 Å². The molecule has 1 rings (SSSR count). The van der Waals surface area contributed by atoms with Crippen LogP contribution in [-0.4, -0.2) is 29.7 Å². The summed E-state index contributed by atoms with van der Waals surface area (Å²) in [7, 11) is 0. The third-order valence-corrected chi connectivity index (χ3v) is 3.51. The first kappa shape index (κ1) is 17.1. The van der Waals surface area contributed by atoms with E-state index in [4.69, 9.17) is 5.11 Å². The SMILES string of the molecule is CC(CCCO)NC(C)CC(=O)Nc1ccc(Br)cc1. The van der Waals surface area contributed by atoms with E-state index in [1.54, 1.807) is 0 Å². The molecule has 0 saturated heterocycles. The second-order valence-corrected chi connectivity index (χ2v) is 6.01. The number of halogens is 1. The normalized spacial score (nSPS) is 13.8. The number of hydrogen-bond acceptors (Lipinski definition) is 3. The van der Waals surface area contributed by atoms with Gasteiger partial charge in [0.15, 0.2) is 0 Å². The van der Waals surface area contributed by atoms with Gasteiger partial charge in [-0.25, -0.2) is 0 Å². The number of amides is 1. The van der Waals surface area contributed by atoms with E-state index in [9.17, 15) is 4.79 Å². The molecule has 112 valence electrons. The van der Waals surface area contributed by atoms with Gasteiger partial charge in [-0.3, -0.25) is 4.79 Å². The van der Waals surface area contributed by atoms with Crippen molar-refractivity contribution in [2.45, 2.75) is 45.2 Å². The van der Waals surface area contributed by atoms with E-state index in [-0.39, 0.29) is 18.6 Å². The third kappa shape index (κ3) is 7.03. The monoisotopic (exact) mass is 342 g/mol. The van der Waals surface area contributed by atoms with Gasteiger partial charge in [0.1, 0.15) is 0 Å². The molecular weight excluding hydrogens is 320 g/mol. The maximum Gasteiger partial charge on any atom is 0.225 e. The van der Waals surface area contributed by atoms with Gasteiger partial charge in [0.25, 0.3) is 0 Å². The molecule has 0 aliphatic heterocycles. The Morgan fingerprint density at radius 1 is 1.25 bits per heavy atom.